The minimum atomic E-state index is -0.722. The molecule has 2 aliphatic rings. The van der Waals surface area contributed by atoms with E-state index in [4.69, 9.17) is 0 Å². The highest BCUT2D eigenvalue weighted by atomic mass is 19.1. The lowest BCUT2D eigenvalue weighted by Gasteiger charge is -2.52. The van der Waals surface area contributed by atoms with E-state index in [1.165, 1.54) is 17.8 Å². The van der Waals surface area contributed by atoms with E-state index in [9.17, 15) is 14.3 Å². The summed E-state index contributed by atoms with van der Waals surface area (Å²) in [5.41, 5.74) is 2.00. The molecule has 1 aliphatic carbocycles. The van der Waals surface area contributed by atoms with Crippen molar-refractivity contribution in [1.29, 1.82) is 0 Å². The number of fused-ring (bicyclic) bond motifs is 1. The number of carbonyl (C=O) groups is 1. The lowest BCUT2D eigenvalue weighted by molar-refractivity contribution is -0.115. The van der Waals surface area contributed by atoms with Gasteiger partial charge in [-0.2, -0.15) is 0 Å². The quantitative estimate of drug-likeness (QED) is 0.719. The fraction of sp³-hybridized carbons (Fsp3) is 0.500. The number of halogens is 1. The van der Waals surface area contributed by atoms with Crippen LogP contribution in [-0.2, 0) is 0 Å². The van der Waals surface area contributed by atoms with Crippen LogP contribution in [0.2, 0.25) is 0 Å². The van der Waals surface area contributed by atoms with Crippen molar-refractivity contribution < 1.29 is 14.3 Å². The van der Waals surface area contributed by atoms with Crippen LogP contribution in [0.1, 0.15) is 67.9 Å². The van der Waals surface area contributed by atoms with Gasteiger partial charge in [0.05, 0.1) is 11.6 Å². The number of likely N-dealkylation sites (tertiary alicyclic amines) is 1. The molecule has 0 spiro atoms. The second-order valence-electron chi connectivity index (χ2n) is 8.92. The summed E-state index contributed by atoms with van der Waals surface area (Å²) < 4.78 is 13.4. The molecule has 0 unspecified atom stereocenters. The van der Waals surface area contributed by atoms with Gasteiger partial charge < -0.3 is 14.9 Å². The van der Waals surface area contributed by atoms with Crippen molar-refractivity contribution in [3.05, 3.63) is 65.5 Å². The maximum Gasteiger partial charge on any atom is 0.254 e. The molecule has 1 saturated carbocycles. The summed E-state index contributed by atoms with van der Waals surface area (Å²) >= 11 is 0. The maximum absolute atomic E-state index is 13.5. The Kier molecular flexibility index (Phi) is 6.33. The minimum absolute atomic E-state index is 0.0127. The molecule has 2 aromatic rings. The highest BCUT2D eigenvalue weighted by molar-refractivity contribution is 5.94. The molecule has 0 aromatic heterocycles. The largest absolute Gasteiger partial charge is 0.389 e. The van der Waals surface area contributed by atoms with Crippen LogP contribution in [0, 0.1) is 11.7 Å². The first-order valence-corrected chi connectivity index (χ1v) is 11.6. The number of hydrogen-bond donors (Lipinski definition) is 1. The number of carbonyl (C=O) groups excluding carboxylic acids is 1. The standard InChI is InChI=1S/C26H33FN2O2/c1-3-28(4-2)22-14-10-19(11-15-22)24-23-7-5-6-16-26(23,31)17-18-29(24)25(30)20-8-12-21(27)13-9-20/h8-15,23-24,31H,3-7,16-18H2,1-2H3/t23-,24-,26-/m1/s1. The van der Waals surface area contributed by atoms with Crippen molar-refractivity contribution in [2.75, 3.05) is 24.5 Å². The third-order valence-electron chi connectivity index (χ3n) is 7.28. The zero-order valence-corrected chi connectivity index (χ0v) is 18.6. The van der Waals surface area contributed by atoms with Crippen molar-refractivity contribution in [3.8, 4) is 0 Å². The third kappa shape index (κ3) is 4.20. The van der Waals surface area contributed by atoms with E-state index in [1.54, 1.807) is 12.1 Å². The van der Waals surface area contributed by atoms with E-state index in [0.29, 0.717) is 18.5 Å². The summed E-state index contributed by atoms with van der Waals surface area (Å²) in [4.78, 5) is 17.7. The number of aliphatic hydroxyl groups is 1. The summed E-state index contributed by atoms with van der Waals surface area (Å²) in [6.07, 6.45) is 4.40. The Balaban J connectivity index is 1.70. The number of anilines is 1. The zero-order chi connectivity index (χ0) is 22.0. The van der Waals surface area contributed by atoms with Gasteiger partial charge in [-0.05, 0) is 75.1 Å². The zero-order valence-electron chi connectivity index (χ0n) is 18.6. The van der Waals surface area contributed by atoms with Gasteiger partial charge >= 0.3 is 0 Å². The Labute approximate surface area is 184 Å². The topological polar surface area (TPSA) is 43.8 Å². The van der Waals surface area contributed by atoms with Gasteiger partial charge in [0.1, 0.15) is 5.82 Å². The molecule has 2 aromatic carbocycles. The van der Waals surface area contributed by atoms with E-state index in [1.807, 2.05) is 4.90 Å². The summed E-state index contributed by atoms with van der Waals surface area (Å²) in [6.45, 7) is 6.67. The van der Waals surface area contributed by atoms with Crippen LogP contribution in [0.3, 0.4) is 0 Å². The molecule has 1 aliphatic heterocycles. The van der Waals surface area contributed by atoms with Gasteiger partial charge in [0.2, 0.25) is 0 Å². The van der Waals surface area contributed by atoms with Crippen molar-refractivity contribution in [3.63, 3.8) is 0 Å². The van der Waals surface area contributed by atoms with Crippen LogP contribution in [0.25, 0.3) is 0 Å². The Morgan fingerprint density at radius 1 is 1.06 bits per heavy atom. The van der Waals surface area contributed by atoms with Crippen molar-refractivity contribution >= 4 is 11.6 Å². The van der Waals surface area contributed by atoms with Crippen molar-refractivity contribution in [2.45, 2.75) is 57.6 Å². The number of rotatable bonds is 5. The van der Waals surface area contributed by atoms with Crippen LogP contribution in [0.4, 0.5) is 10.1 Å². The molecular formula is C26H33FN2O2. The Morgan fingerprint density at radius 2 is 1.74 bits per heavy atom. The van der Waals surface area contributed by atoms with E-state index in [-0.39, 0.29) is 23.7 Å². The van der Waals surface area contributed by atoms with E-state index >= 15 is 0 Å². The first-order valence-electron chi connectivity index (χ1n) is 11.6. The molecule has 166 valence electrons. The van der Waals surface area contributed by atoms with Crippen LogP contribution in [-0.4, -0.2) is 41.1 Å². The van der Waals surface area contributed by atoms with Crippen LogP contribution in [0.5, 0.6) is 0 Å². The molecule has 31 heavy (non-hydrogen) atoms. The molecule has 0 radical (unpaired) electrons. The SMILES string of the molecule is CCN(CC)c1ccc([C@@H]2[C@H]3CCCC[C@@]3(O)CCN2C(=O)c2ccc(F)cc2)cc1. The molecule has 1 amide bonds. The molecule has 3 atom stereocenters. The Hall–Kier alpha value is -2.40. The van der Waals surface area contributed by atoms with Gasteiger partial charge in [-0.3, -0.25) is 4.79 Å². The Morgan fingerprint density at radius 3 is 2.39 bits per heavy atom. The lowest BCUT2D eigenvalue weighted by atomic mass is 9.66. The van der Waals surface area contributed by atoms with Gasteiger partial charge in [-0.25, -0.2) is 4.39 Å². The van der Waals surface area contributed by atoms with E-state index in [0.717, 1.165) is 44.3 Å². The summed E-state index contributed by atoms with van der Waals surface area (Å²) in [5, 5.41) is 11.5. The number of hydrogen-bond acceptors (Lipinski definition) is 3. The second-order valence-corrected chi connectivity index (χ2v) is 8.92. The van der Waals surface area contributed by atoms with E-state index in [2.05, 4.69) is 43.0 Å². The van der Waals surface area contributed by atoms with Gasteiger partial charge in [0, 0.05) is 36.8 Å². The van der Waals surface area contributed by atoms with Gasteiger partial charge in [0.25, 0.3) is 5.91 Å². The number of amides is 1. The maximum atomic E-state index is 13.5. The first kappa shape index (κ1) is 21.8. The van der Waals surface area contributed by atoms with Crippen LogP contribution >= 0.6 is 0 Å². The summed E-state index contributed by atoms with van der Waals surface area (Å²) in [5.74, 6) is -0.426. The summed E-state index contributed by atoms with van der Waals surface area (Å²) in [7, 11) is 0. The first-order chi connectivity index (χ1) is 15.0. The molecule has 1 N–H and O–H groups in total. The fourth-order valence-corrected chi connectivity index (χ4v) is 5.55. The monoisotopic (exact) mass is 424 g/mol. The molecule has 1 heterocycles. The molecule has 1 saturated heterocycles. The van der Waals surface area contributed by atoms with Crippen LogP contribution < -0.4 is 4.90 Å². The van der Waals surface area contributed by atoms with E-state index < -0.39 is 5.60 Å². The molecule has 4 rings (SSSR count). The van der Waals surface area contributed by atoms with Gasteiger partial charge in [0.15, 0.2) is 0 Å². The number of nitrogens with zero attached hydrogens (tertiary/aromatic N) is 2. The minimum Gasteiger partial charge on any atom is -0.389 e. The second kappa shape index (κ2) is 8.99. The fourth-order valence-electron chi connectivity index (χ4n) is 5.55. The molecule has 0 bridgehead atoms. The summed E-state index contributed by atoms with van der Waals surface area (Å²) in [6, 6.07) is 14.1. The highest BCUT2D eigenvalue weighted by Crippen LogP contribution is 2.49. The highest BCUT2D eigenvalue weighted by Gasteiger charge is 2.50. The average molecular weight is 425 g/mol. The van der Waals surface area contributed by atoms with Crippen LogP contribution in [0.15, 0.2) is 48.5 Å². The molecule has 5 heteroatoms. The Bertz CT molecular complexity index is 895. The predicted molar refractivity (Wildman–Crippen MR) is 122 cm³/mol. The smallest absolute Gasteiger partial charge is 0.254 e. The number of piperidine rings is 1. The normalized spacial score (nSPS) is 25.7. The molecular weight excluding hydrogens is 391 g/mol. The van der Waals surface area contributed by atoms with Gasteiger partial charge in [-0.1, -0.05) is 25.0 Å². The predicted octanol–water partition coefficient (Wildman–Crippen LogP) is 5.18. The average Bonchev–Trinajstić information content (AvgIpc) is 2.79. The molecule has 2 fully saturated rings. The third-order valence-corrected chi connectivity index (χ3v) is 7.28. The molecule has 4 nitrogen and oxygen atoms in total. The van der Waals surface area contributed by atoms with Crippen molar-refractivity contribution in [1.82, 2.24) is 4.90 Å². The van der Waals surface area contributed by atoms with Crippen molar-refractivity contribution in [2.24, 2.45) is 5.92 Å². The number of benzene rings is 2. The van der Waals surface area contributed by atoms with Gasteiger partial charge in [-0.15, -0.1) is 0 Å². The lowest BCUT2D eigenvalue weighted by Crippen LogP contribution is -2.56.